The summed E-state index contributed by atoms with van der Waals surface area (Å²) in [7, 11) is 0. The molecule has 8 heteroatoms. The highest BCUT2D eigenvalue weighted by atomic mass is 35.6. The predicted molar refractivity (Wildman–Crippen MR) is 108 cm³/mol. The molecule has 4 N–H and O–H groups in total. The highest BCUT2D eigenvalue weighted by Crippen LogP contribution is 2.53. The summed E-state index contributed by atoms with van der Waals surface area (Å²) in [5.74, 6) is 0.421. The number of halogens is 3. The van der Waals surface area contributed by atoms with Crippen molar-refractivity contribution in [3.05, 3.63) is 29.8 Å². The summed E-state index contributed by atoms with van der Waals surface area (Å²) in [5.41, 5.74) is 1.47. The Morgan fingerprint density at radius 2 is 1.96 bits per heavy atom. The van der Waals surface area contributed by atoms with Crippen LogP contribution in [0.25, 0.3) is 0 Å². The molecule has 6 atom stereocenters. The largest absolute Gasteiger partial charge is 0.396 e. The molecule has 0 aliphatic carbocycles. The molecule has 150 valence electrons. The minimum Gasteiger partial charge on any atom is -0.396 e. The number of fused-ring (bicyclic) bond motifs is 5. The van der Waals surface area contributed by atoms with Crippen LogP contribution in [0.3, 0.4) is 0 Å². The van der Waals surface area contributed by atoms with E-state index in [9.17, 15) is 15.0 Å². The fraction of sp³-hybridized carbons (Fsp3) is 0.632. The maximum Gasteiger partial charge on any atom is 0.236 e. The molecule has 0 radical (unpaired) electrons. The van der Waals surface area contributed by atoms with Crippen LogP contribution in [-0.2, 0) is 10.2 Å². The normalized spacial score (nSPS) is 34.9. The molecule has 2 saturated heterocycles. The van der Waals surface area contributed by atoms with Crippen molar-refractivity contribution in [2.24, 2.45) is 11.8 Å². The zero-order valence-electron chi connectivity index (χ0n) is 15.0. The maximum absolute atomic E-state index is 12.9. The molecular formula is C19H25Cl3N2O3. The number of hydrogen-bond donors (Lipinski definition) is 4. The fourth-order valence-corrected chi connectivity index (χ4v) is 5.17. The van der Waals surface area contributed by atoms with Crippen molar-refractivity contribution in [2.75, 3.05) is 11.9 Å². The Morgan fingerprint density at radius 1 is 1.30 bits per heavy atom. The molecule has 3 aliphatic rings. The molecule has 0 aromatic heterocycles. The van der Waals surface area contributed by atoms with Crippen molar-refractivity contribution in [1.29, 1.82) is 0 Å². The molecule has 1 amide bonds. The summed E-state index contributed by atoms with van der Waals surface area (Å²) in [6.45, 7) is 1.90. The molecule has 1 spiro atoms. The molecule has 0 saturated carbocycles. The zero-order valence-corrected chi connectivity index (χ0v) is 17.3. The number of aliphatic hydroxyl groups excluding tert-OH is 2. The number of aliphatic hydroxyl groups is 2. The van der Waals surface area contributed by atoms with Gasteiger partial charge < -0.3 is 20.8 Å². The van der Waals surface area contributed by atoms with E-state index in [1.165, 1.54) is 0 Å². The van der Waals surface area contributed by atoms with E-state index in [0.29, 0.717) is 6.42 Å². The SMILES string of the molecule is C[C@H](O)C[C@@H]1C[C@@H]2N[C@@H](C[C@@]23C(=O)Nc2ccccc23)[C@@H]1CO.ClC(Cl)Cl. The van der Waals surface area contributed by atoms with Gasteiger partial charge in [-0.25, -0.2) is 0 Å². The van der Waals surface area contributed by atoms with Gasteiger partial charge in [-0.15, -0.1) is 0 Å². The summed E-state index contributed by atoms with van der Waals surface area (Å²) in [6, 6.07) is 8.13. The van der Waals surface area contributed by atoms with Crippen LogP contribution < -0.4 is 10.6 Å². The molecule has 0 unspecified atom stereocenters. The molecule has 5 nitrogen and oxygen atoms in total. The third-order valence-corrected chi connectivity index (χ3v) is 6.13. The Labute approximate surface area is 174 Å². The topological polar surface area (TPSA) is 81.6 Å². The van der Waals surface area contributed by atoms with E-state index in [0.717, 1.165) is 24.1 Å². The average molecular weight is 436 g/mol. The number of para-hydroxylation sites is 1. The number of carbonyl (C=O) groups excluding carboxylic acids is 1. The van der Waals surface area contributed by atoms with E-state index in [-0.39, 0.29) is 42.5 Å². The van der Waals surface area contributed by atoms with Crippen LogP contribution in [0.1, 0.15) is 31.7 Å². The molecule has 4 rings (SSSR count). The van der Waals surface area contributed by atoms with Crippen LogP contribution in [0.2, 0.25) is 0 Å². The first-order valence-corrected chi connectivity index (χ1v) is 10.5. The van der Waals surface area contributed by atoms with Gasteiger partial charge in [-0.1, -0.05) is 53.0 Å². The number of rotatable bonds is 3. The summed E-state index contributed by atoms with van der Waals surface area (Å²) in [6.07, 6.45) is 1.84. The third kappa shape index (κ3) is 3.96. The van der Waals surface area contributed by atoms with E-state index in [1.807, 2.05) is 24.3 Å². The van der Waals surface area contributed by atoms with Gasteiger partial charge in [0.05, 0.1) is 11.5 Å². The van der Waals surface area contributed by atoms with Crippen molar-refractivity contribution in [1.82, 2.24) is 5.32 Å². The number of nitrogens with one attached hydrogen (secondary N) is 2. The van der Waals surface area contributed by atoms with Crippen molar-refractivity contribution < 1.29 is 15.0 Å². The number of benzene rings is 1. The second-order valence-corrected chi connectivity index (χ2v) is 9.65. The molecule has 1 aromatic rings. The van der Waals surface area contributed by atoms with Crippen molar-refractivity contribution >= 4 is 46.4 Å². The van der Waals surface area contributed by atoms with Gasteiger partial charge in [-0.2, -0.15) is 0 Å². The van der Waals surface area contributed by atoms with Crippen LogP contribution in [-0.4, -0.2) is 45.2 Å². The summed E-state index contributed by atoms with van der Waals surface area (Å²) >= 11 is 14.4. The lowest BCUT2D eigenvalue weighted by Gasteiger charge is -2.38. The minimum absolute atomic E-state index is 0.0719. The monoisotopic (exact) mass is 434 g/mol. The van der Waals surface area contributed by atoms with Gasteiger partial charge in [0.1, 0.15) is 0 Å². The number of amides is 1. The third-order valence-electron chi connectivity index (χ3n) is 6.13. The molecule has 2 fully saturated rings. The molecular weight excluding hydrogens is 411 g/mol. The Kier molecular flexibility index (Phi) is 6.61. The standard InChI is InChI=1S/C18H24N2O3.CHCl3/c1-10(22)6-11-7-16-18(8-15(19-16)12(11)9-21)13-4-2-3-5-14(13)20-17(18)23;2-1(3)4/h2-5,10-12,15-16,19,21-22H,6-9H2,1H3,(H,20,23);1H/t10-,11+,12+,15-,16-,18-;/m0./s1. The zero-order chi connectivity index (χ0) is 19.8. The quantitative estimate of drug-likeness (QED) is 0.550. The number of carbonyl (C=O) groups is 1. The average Bonchev–Trinajstić information content (AvgIpc) is 3.04. The van der Waals surface area contributed by atoms with E-state index in [4.69, 9.17) is 34.8 Å². The van der Waals surface area contributed by atoms with Gasteiger partial charge in [0, 0.05) is 30.3 Å². The van der Waals surface area contributed by atoms with Gasteiger partial charge in [0.15, 0.2) is 4.30 Å². The van der Waals surface area contributed by atoms with Gasteiger partial charge in [-0.3, -0.25) is 4.79 Å². The Balaban J connectivity index is 0.000000481. The Hall–Kier alpha value is -0.560. The van der Waals surface area contributed by atoms with Crippen LogP contribution in [0.5, 0.6) is 0 Å². The lowest BCUT2D eigenvalue weighted by Crippen LogP contribution is -2.51. The van der Waals surface area contributed by atoms with Crippen LogP contribution in [0.4, 0.5) is 5.69 Å². The highest BCUT2D eigenvalue weighted by Gasteiger charge is 2.61. The Morgan fingerprint density at radius 3 is 2.59 bits per heavy atom. The number of piperidine rings is 1. The molecule has 2 bridgehead atoms. The van der Waals surface area contributed by atoms with Crippen molar-refractivity contribution in [2.45, 2.75) is 54.1 Å². The van der Waals surface area contributed by atoms with Crippen molar-refractivity contribution in [3.8, 4) is 0 Å². The van der Waals surface area contributed by atoms with Crippen LogP contribution in [0.15, 0.2) is 24.3 Å². The van der Waals surface area contributed by atoms with Crippen molar-refractivity contribution in [3.63, 3.8) is 0 Å². The first-order valence-electron chi connectivity index (χ1n) is 9.17. The van der Waals surface area contributed by atoms with Crippen LogP contribution in [0, 0.1) is 11.8 Å². The Bertz CT molecular complexity index is 685. The number of anilines is 1. The van der Waals surface area contributed by atoms with E-state index >= 15 is 0 Å². The van der Waals surface area contributed by atoms with Crippen LogP contribution >= 0.6 is 34.8 Å². The lowest BCUT2D eigenvalue weighted by atomic mass is 9.73. The van der Waals surface area contributed by atoms with Gasteiger partial charge in [0.2, 0.25) is 5.91 Å². The first-order chi connectivity index (χ1) is 12.8. The minimum atomic E-state index is -0.750. The summed E-state index contributed by atoms with van der Waals surface area (Å²) < 4.78 is -0.750. The van der Waals surface area contributed by atoms with Gasteiger partial charge >= 0.3 is 0 Å². The second kappa shape index (κ2) is 8.44. The van der Waals surface area contributed by atoms with Gasteiger partial charge in [-0.05, 0) is 43.7 Å². The summed E-state index contributed by atoms with van der Waals surface area (Å²) in [5, 5.41) is 26.3. The first kappa shape index (κ1) is 21.2. The highest BCUT2D eigenvalue weighted by molar-refractivity contribution is 6.63. The van der Waals surface area contributed by atoms with E-state index in [1.54, 1.807) is 6.92 Å². The maximum atomic E-state index is 12.9. The van der Waals surface area contributed by atoms with Gasteiger partial charge in [0.25, 0.3) is 0 Å². The molecule has 3 heterocycles. The molecule has 3 aliphatic heterocycles. The molecule has 1 aromatic carbocycles. The number of alkyl halides is 3. The van der Waals surface area contributed by atoms with E-state index in [2.05, 4.69) is 10.6 Å². The van der Waals surface area contributed by atoms with E-state index < -0.39 is 9.71 Å². The predicted octanol–water partition coefficient (Wildman–Crippen LogP) is 2.99. The number of hydrogen-bond acceptors (Lipinski definition) is 4. The lowest BCUT2D eigenvalue weighted by molar-refractivity contribution is -0.121. The molecule has 27 heavy (non-hydrogen) atoms. The summed E-state index contributed by atoms with van der Waals surface area (Å²) in [4.78, 5) is 12.9. The second-order valence-electron chi connectivity index (χ2n) is 7.68. The smallest absolute Gasteiger partial charge is 0.236 e. The fourth-order valence-electron chi connectivity index (χ4n) is 5.17.